The van der Waals surface area contributed by atoms with Crippen molar-refractivity contribution in [1.29, 1.82) is 0 Å². The van der Waals surface area contributed by atoms with Gasteiger partial charge in [0.05, 0.1) is 13.2 Å². The first kappa shape index (κ1) is 11.6. The van der Waals surface area contributed by atoms with Gasteiger partial charge in [-0.2, -0.15) is 0 Å². The molecule has 0 aliphatic rings. The fraction of sp³-hybridized carbons (Fsp3) is 0.750. The Morgan fingerprint density at radius 1 is 1.67 bits per heavy atom. The summed E-state index contributed by atoms with van der Waals surface area (Å²) in [4.78, 5) is 0. The third-order valence-electron chi connectivity index (χ3n) is 1.31. The Labute approximate surface area is 73.4 Å². The molecule has 0 spiro atoms. The van der Waals surface area contributed by atoms with Gasteiger partial charge in [0.1, 0.15) is 6.23 Å². The van der Waals surface area contributed by atoms with Crippen LogP contribution in [0.1, 0.15) is 6.92 Å². The van der Waals surface area contributed by atoms with E-state index in [9.17, 15) is 5.11 Å². The average molecular weight is 174 g/mol. The second-order valence-corrected chi connectivity index (χ2v) is 2.60. The number of aliphatic hydroxyl groups excluding tert-OH is 1. The number of ether oxygens (including phenoxy) is 1. The van der Waals surface area contributed by atoms with Gasteiger partial charge in [-0.3, -0.25) is 5.32 Å². The highest BCUT2D eigenvalue weighted by atomic mass is 16.5. The highest BCUT2D eigenvalue weighted by Gasteiger charge is 2.00. The van der Waals surface area contributed by atoms with Crippen molar-refractivity contribution >= 4 is 0 Å². The Bertz CT molecular complexity index is 128. The predicted octanol–water partition coefficient (Wildman–Crippen LogP) is -0.554. The van der Waals surface area contributed by atoms with Gasteiger partial charge >= 0.3 is 0 Å². The first-order chi connectivity index (χ1) is 5.68. The largest absolute Gasteiger partial charge is 0.379 e. The molecule has 4 nitrogen and oxygen atoms in total. The molecule has 0 aliphatic heterocycles. The molecule has 0 aromatic rings. The summed E-state index contributed by atoms with van der Waals surface area (Å²) in [7, 11) is 0. The van der Waals surface area contributed by atoms with Crippen molar-refractivity contribution in [2.24, 2.45) is 5.73 Å². The molecule has 0 saturated heterocycles. The highest BCUT2D eigenvalue weighted by molar-refractivity contribution is 4.94. The minimum absolute atomic E-state index is 0.531. The molecule has 0 saturated carbocycles. The molecule has 1 atom stereocenters. The van der Waals surface area contributed by atoms with Crippen LogP contribution in [0.5, 0.6) is 0 Å². The van der Waals surface area contributed by atoms with Crippen molar-refractivity contribution in [3.8, 4) is 0 Å². The number of nitrogens with two attached hydrogens (primary N) is 1. The summed E-state index contributed by atoms with van der Waals surface area (Å²) in [6.07, 6.45) is -0.633. The molecule has 0 aliphatic carbocycles. The monoisotopic (exact) mass is 174 g/mol. The molecule has 4 heteroatoms. The van der Waals surface area contributed by atoms with E-state index in [1.54, 1.807) is 6.92 Å². The lowest BCUT2D eigenvalue weighted by Crippen LogP contribution is -2.32. The zero-order chi connectivity index (χ0) is 9.40. The van der Waals surface area contributed by atoms with Crippen molar-refractivity contribution in [2.45, 2.75) is 13.2 Å². The Balaban J connectivity index is 3.14. The molecule has 0 aromatic heterocycles. The standard InChI is InChI=1S/C8H18N2O2/c1-7(2)8(11)10-4-6-12-5-3-9/h8,10-11H,1,3-6,9H2,2H3. The van der Waals surface area contributed by atoms with Gasteiger partial charge in [-0.25, -0.2) is 0 Å². The average Bonchev–Trinajstić information content (AvgIpc) is 2.03. The smallest absolute Gasteiger partial charge is 0.126 e. The molecule has 0 fully saturated rings. The van der Waals surface area contributed by atoms with E-state index in [0.29, 0.717) is 31.9 Å². The summed E-state index contributed by atoms with van der Waals surface area (Å²) in [6.45, 7) is 7.61. The summed E-state index contributed by atoms with van der Waals surface area (Å²) in [5.41, 5.74) is 5.91. The Kier molecular flexibility index (Phi) is 6.99. The Morgan fingerprint density at radius 2 is 2.33 bits per heavy atom. The summed E-state index contributed by atoms with van der Waals surface area (Å²) in [6, 6.07) is 0. The van der Waals surface area contributed by atoms with Crippen molar-refractivity contribution < 1.29 is 9.84 Å². The van der Waals surface area contributed by atoms with Crippen LogP contribution in [0, 0.1) is 0 Å². The topological polar surface area (TPSA) is 67.5 Å². The lowest BCUT2D eigenvalue weighted by molar-refractivity contribution is 0.117. The van der Waals surface area contributed by atoms with Crippen molar-refractivity contribution in [2.75, 3.05) is 26.3 Å². The number of rotatable bonds is 7. The van der Waals surface area contributed by atoms with Gasteiger partial charge in [0.15, 0.2) is 0 Å². The minimum atomic E-state index is -0.633. The third kappa shape index (κ3) is 6.30. The maximum atomic E-state index is 9.19. The first-order valence-corrected chi connectivity index (χ1v) is 4.03. The van der Waals surface area contributed by atoms with Crippen LogP contribution in [0.15, 0.2) is 12.2 Å². The van der Waals surface area contributed by atoms with Crippen LogP contribution in [-0.4, -0.2) is 37.6 Å². The zero-order valence-electron chi connectivity index (χ0n) is 7.55. The van der Waals surface area contributed by atoms with Gasteiger partial charge in [0, 0.05) is 13.1 Å². The molecule has 0 aromatic carbocycles. The van der Waals surface area contributed by atoms with E-state index < -0.39 is 6.23 Å². The molecule has 72 valence electrons. The third-order valence-corrected chi connectivity index (χ3v) is 1.31. The first-order valence-electron chi connectivity index (χ1n) is 4.03. The van der Waals surface area contributed by atoms with Crippen LogP contribution in [0.3, 0.4) is 0 Å². The number of hydrogen-bond acceptors (Lipinski definition) is 4. The van der Waals surface area contributed by atoms with Gasteiger partial charge in [-0.15, -0.1) is 0 Å². The Hall–Kier alpha value is -0.420. The molecule has 0 bridgehead atoms. The lowest BCUT2D eigenvalue weighted by Gasteiger charge is -2.11. The van der Waals surface area contributed by atoms with Gasteiger partial charge in [-0.05, 0) is 12.5 Å². The van der Waals surface area contributed by atoms with Crippen molar-refractivity contribution in [3.05, 3.63) is 12.2 Å². The van der Waals surface area contributed by atoms with Crippen molar-refractivity contribution in [1.82, 2.24) is 5.32 Å². The summed E-state index contributed by atoms with van der Waals surface area (Å²) < 4.78 is 5.08. The Morgan fingerprint density at radius 3 is 2.83 bits per heavy atom. The molecule has 1 unspecified atom stereocenters. The van der Waals surface area contributed by atoms with Crippen LogP contribution in [0.25, 0.3) is 0 Å². The fourth-order valence-corrected chi connectivity index (χ4v) is 0.627. The molecule has 0 amide bonds. The molecule has 0 heterocycles. The SMILES string of the molecule is C=C(C)C(O)NCCOCCN. The molecule has 0 rings (SSSR count). The summed E-state index contributed by atoms with van der Waals surface area (Å²) >= 11 is 0. The van der Waals surface area contributed by atoms with E-state index in [-0.39, 0.29) is 0 Å². The fourth-order valence-electron chi connectivity index (χ4n) is 0.627. The van der Waals surface area contributed by atoms with E-state index >= 15 is 0 Å². The van der Waals surface area contributed by atoms with E-state index in [0.717, 1.165) is 0 Å². The second-order valence-electron chi connectivity index (χ2n) is 2.60. The normalized spacial score (nSPS) is 12.9. The molecular weight excluding hydrogens is 156 g/mol. The zero-order valence-corrected chi connectivity index (χ0v) is 7.55. The summed E-state index contributed by atoms with van der Waals surface area (Å²) in [5.74, 6) is 0. The van der Waals surface area contributed by atoms with E-state index in [1.165, 1.54) is 0 Å². The van der Waals surface area contributed by atoms with E-state index in [2.05, 4.69) is 11.9 Å². The highest BCUT2D eigenvalue weighted by Crippen LogP contribution is 1.91. The molecule has 4 N–H and O–H groups in total. The van der Waals surface area contributed by atoms with Gasteiger partial charge in [-0.1, -0.05) is 6.58 Å². The van der Waals surface area contributed by atoms with Crippen molar-refractivity contribution in [3.63, 3.8) is 0 Å². The second kappa shape index (κ2) is 7.24. The van der Waals surface area contributed by atoms with Crippen LogP contribution in [-0.2, 0) is 4.74 Å². The maximum Gasteiger partial charge on any atom is 0.126 e. The van der Waals surface area contributed by atoms with Crippen LogP contribution < -0.4 is 11.1 Å². The lowest BCUT2D eigenvalue weighted by atomic mass is 10.3. The predicted molar refractivity (Wildman–Crippen MR) is 48.7 cm³/mol. The van der Waals surface area contributed by atoms with E-state index in [1.807, 2.05) is 0 Å². The number of hydrogen-bond donors (Lipinski definition) is 3. The van der Waals surface area contributed by atoms with Crippen LogP contribution in [0.2, 0.25) is 0 Å². The number of aliphatic hydroxyl groups is 1. The minimum Gasteiger partial charge on any atom is -0.379 e. The van der Waals surface area contributed by atoms with E-state index in [4.69, 9.17) is 10.5 Å². The van der Waals surface area contributed by atoms with Gasteiger partial charge in [0.25, 0.3) is 0 Å². The molecular formula is C8H18N2O2. The maximum absolute atomic E-state index is 9.19. The quantitative estimate of drug-likeness (QED) is 0.275. The van der Waals surface area contributed by atoms with Gasteiger partial charge < -0.3 is 15.6 Å². The number of nitrogens with one attached hydrogen (secondary N) is 1. The van der Waals surface area contributed by atoms with Gasteiger partial charge in [0.2, 0.25) is 0 Å². The van der Waals surface area contributed by atoms with Crippen LogP contribution in [0.4, 0.5) is 0 Å². The summed E-state index contributed by atoms with van der Waals surface area (Å²) in [5, 5.41) is 12.0. The molecule has 12 heavy (non-hydrogen) atoms. The van der Waals surface area contributed by atoms with Crippen LogP contribution >= 0.6 is 0 Å². The molecule has 0 radical (unpaired) electrons.